The van der Waals surface area contributed by atoms with Crippen LogP contribution in [0.2, 0.25) is 0 Å². The lowest BCUT2D eigenvalue weighted by molar-refractivity contribution is 0.643. The molecule has 0 aliphatic rings. The Morgan fingerprint density at radius 2 is 1.53 bits per heavy atom. The van der Waals surface area contributed by atoms with Gasteiger partial charge in [-0.25, -0.2) is 4.79 Å². The van der Waals surface area contributed by atoms with E-state index in [2.05, 4.69) is 70.0 Å². The molecule has 5 aromatic rings. The van der Waals surface area contributed by atoms with E-state index in [4.69, 9.17) is 0 Å². The van der Waals surface area contributed by atoms with Crippen molar-refractivity contribution in [1.29, 1.82) is 0 Å². The number of nitrogens with zero attached hydrogens (tertiary/aromatic N) is 5. The molecule has 3 aromatic carbocycles. The largest absolute Gasteiger partial charge is 0.328 e. The Bertz CT molecular complexity index is 1450. The fraction of sp³-hybridized carbons (Fsp3) is 0.241. The summed E-state index contributed by atoms with van der Waals surface area (Å²) in [6.07, 6.45) is 6.34. The maximum Gasteiger partial charge on any atom is 0.328 e. The molecule has 2 heterocycles. The first kappa shape index (κ1) is 23.5. The molecule has 5 rings (SSSR count). The minimum absolute atomic E-state index is 0.0388. The summed E-state index contributed by atoms with van der Waals surface area (Å²) in [6.45, 7) is 3.33. The number of nitrogens with one attached hydrogen (secondary N) is 1. The molecule has 182 valence electrons. The van der Waals surface area contributed by atoms with Crippen molar-refractivity contribution in [2.24, 2.45) is 0 Å². The van der Waals surface area contributed by atoms with Crippen LogP contribution in [0.1, 0.15) is 43.0 Å². The highest BCUT2D eigenvalue weighted by molar-refractivity contribution is 5.80. The molecular formula is C29H30N6O. The summed E-state index contributed by atoms with van der Waals surface area (Å²) in [4.78, 5) is 13.4. The van der Waals surface area contributed by atoms with E-state index in [1.165, 1.54) is 0 Å². The van der Waals surface area contributed by atoms with E-state index in [-0.39, 0.29) is 5.69 Å². The van der Waals surface area contributed by atoms with Crippen LogP contribution < -0.4 is 5.69 Å². The van der Waals surface area contributed by atoms with E-state index >= 15 is 0 Å². The molecule has 0 spiro atoms. The molecule has 0 fully saturated rings. The van der Waals surface area contributed by atoms with Crippen LogP contribution in [0.5, 0.6) is 0 Å². The van der Waals surface area contributed by atoms with Gasteiger partial charge in [-0.3, -0.25) is 9.13 Å². The van der Waals surface area contributed by atoms with Crippen LogP contribution in [0.25, 0.3) is 22.5 Å². The van der Waals surface area contributed by atoms with Gasteiger partial charge >= 0.3 is 5.69 Å². The molecule has 7 heteroatoms. The number of aryl methyl sites for hydroxylation is 1. The van der Waals surface area contributed by atoms with Gasteiger partial charge < -0.3 is 0 Å². The second-order valence-corrected chi connectivity index (χ2v) is 9.04. The highest BCUT2D eigenvalue weighted by Gasteiger charge is 2.14. The molecule has 7 nitrogen and oxygen atoms in total. The maximum atomic E-state index is 13.4. The number of rotatable bonds is 10. The van der Waals surface area contributed by atoms with E-state index < -0.39 is 0 Å². The molecule has 0 radical (unpaired) electrons. The Balaban J connectivity index is 1.41. The Morgan fingerprint density at radius 1 is 0.806 bits per heavy atom. The smallest absolute Gasteiger partial charge is 0.295 e. The predicted molar refractivity (Wildman–Crippen MR) is 142 cm³/mol. The maximum absolute atomic E-state index is 13.4. The lowest BCUT2D eigenvalue weighted by Crippen LogP contribution is -2.26. The third kappa shape index (κ3) is 5.20. The molecule has 0 aliphatic heterocycles. The summed E-state index contributed by atoms with van der Waals surface area (Å²) in [5.41, 5.74) is 6.38. The summed E-state index contributed by atoms with van der Waals surface area (Å²) >= 11 is 0. The van der Waals surface area contributed by atoms with E-state index in [9.17, 15) is 4.79 Å². The van der Waals surface area contributed by atoms with Crippen LogP contribution in [0.4, 0.5) is 0 Å². The van der Waals surface area contributed by atoms with E-state index in [0.717, 1.165) is 59.2 Å². The van der Waals surface area contributed by atoms with Crippen LogP contribution in [0, 0.1) is 0 Å². The first-order valence-corrected chi connectivity index (χ1v) is 12.5. The number of aromatic nitrogens is 6. The zero-order chi connectivity index (χ0) is 24.7. The minimum atomic E-state index is 0.0388. The van der Waals surface area contributed by atoms with Crippen molar-refractivity contribution in [3.63, 3.8) is 0 Å². The first-order valence-electron chi connectivity index (χ1n) is 12.5. The molecular weight excluding hydrogens is 448 g/mol. The van der Waals surface area contributed by atoms with E-state index in [1.807, 2.05) is 51.7 Å². The number of imidazole rings is 1. The molecule has 36 heavy (non-hydrogen) atoms. The number of hydrogen-bond acceptors (Lipinski definition) is 4. The lowest BCUT2D eigenvalue weighted by Gasteiger charge is -2.10. The van der Waals surface area contributed by atoms with Gasteiger partial charge in [-0.2, -0.15) is 5.21 Å². The van der Waals surface area contributed by atoms with Crippen molar-refractivity contribution < 1.29 is 0 Å². The summed E-state index contributed by atoms with van der Waals surface area (Å²) in [7, 11) is 0. The number of aromatic amines is 1. The van der Waals surface area contributed by atoms with Crippen molar-refractivity contribution in [2.45, 2.75) is 45.7 Å². The Morgan fingerprint density at radius 3 is 2.25 bits per heavy atom. The van der Waals surface area contributed by atoms with Gasteiger partial charge in [0.25, 0.3) is 0 Å². The standard InChI is InChI=1S/C29H30N6O/c1-2-3-5-12-25-21-34(19-22-10-6-4-7-11-22)29(36)35(25)20-23-15-17-24(18-16-23)26-13-8-9-14-27(26)28-30-32-33-31-28/h4,6-11,13-18,21H,2-3,5,12,19-20H2,1H3,(H,30,31,32,33). The van der Waals surface area contributed by atoms with Gasteiger partial charge in [0, 0.05) is 17.5 Å². The first-order chi connectivity index (χ1) is 17.7. The van der Waals surface area contributed by atoms with Gasteiger partial charge in [-0.15, -0.1) is 10.2 Å². The molecule has 2 aromatic heterocycles. The zero-order valence-corrected chi connectivity index (χ0v) is 20.5. The molecule has 0 saturated carbocycles. The molecule has 0 unspecified atom stereocenters. The summed E-state index contributed by atoms with van der Waals surface area (Å²) in [6, 6.07) is 26.5. The molecule has 1 N–H and O–H groups in total. The van der Waals surface area contributed by atoms with Gasteiger partial charge in [-0.05, 0) is 40.3 Å². The molecule has 0 atom stereocenters. The highest BCUT2D eigenvalue weighted by atomic mass is 16.1. The van der Waals surface area contributed by atoms with Gasteiger partial charge in [0.05, 0.1) is 13.1 Å². The van der Waals surface area contributed by atoms with Crippen molar-refractivity contribution >= 4 is 0 Å². The van der Waals surface area contributed by atoms with Gasteiger partial charge in [0.1, 0.15) is 0 Å². The van der Waals surface area contributed by atoms with Crippen molar-refractivity contribution in [3.05, 3.63) is 112 Å². The van der Waals surface area contributed by atoms with E-state index in [1.54, 1.807) is 0 Å². The molecule has 0 saturated heterocycles. The zero-order valence-electron chi connectivity index (χ0n) is 20.5. The summed E-state index contributed by atoms with van der Waals surface area (Å²) in [5.74, 6) is 0.567. The second-order valence-electron chi connectivity index (χ2n) is 9.04. The topological polar surface area (TPSA) is 81.4 Å². The second kappa shape index (κ2) is 11.0. The van der Waals surface area contributed by atoms with Crippen LogP contribution in [0.3, 0.4) is 0 Å². The number of unbranched alkanes of at least 4 members (excludes halogenated alkanes) is 2. The fourth-order valence-corrected chi connectivity index (χ4v) is 4.58. The fourth-order valence-electron chi connectivity index (χ4n) is 4.58. The van der Waals surface area contributed by atoms with Gasteiger partial charge in [0.15, 0.2) is 0 Å². The van der Waals surface area contributed by atoms with Crippen molar-refractivity contribution in [2.75, 3.05) is 0 Å². The van der Waals surface area contributed by atoms with Crippen LogP contribution in [-0.4, -0.2) is 29.8 Å². The Hall–Kier alpha value is -4.26. The van der Waals surface area contributed by atoms with Crippen molar-refractivity contribution in [1.82, 2.24) is 29.8 Å². The number of benzene rings is 3. The van der Waals surface area contributed by atoms with Gasteiger partial charge in [0.2, 0.25) is 5.82 Å². The van der Waals surface area contributed by atoms with Crippen LogP contribution in [-0.2, 0) is 19.5 Å². The monoisotopic (exact) mass is 478 g/mol. The lowest BCUT2D eigenvalue weighted by atomic mass is 9.98. The predicted octanol–water partition coefficient (Wildman–Crippen LogP) is 5.33. The molecule has 0 amide bonds. The third-order valence-electron chi connectivity index (χ3n) is 6.48. The normalized spacial score (nSPS) is 11.1. The minimum Gasteiger partial charge on any atom is -0.295 e. The SMILES string of the molecule is CCCCCc1cn(Cc2ccccc2)c(=O)n1Cc1ccc(-c2ccccc2-c2nn[nH]n2)cc1. The van der Waals surface area contributed by atoms with Gasteiger partial charge in [-0.1, -0.05) is 98.6 Å². The molecule has 0 bridgehead atoms. The number of H-pyrrole nitrogens is 1. The average molecular weight is 479 g/mol. The van der Waals surface area contributed by atoms with Crippen LogP contribution in [0.15, 0.2) is 89.9 Å². The van der Waals surface area contributed by atoms with Crippen LogP contribution >= 0.6 is 0 Å². The van der Waals surface area contributed by atoms with E-state index in [0.29, 0.717) is 18.9 Å². The number of hydrogen-bond donors (Lipinski definition) is 1. The van der Waals surface area contributed by atoms with Crippen molar-refractivity contribution in [3.8, 4) is 22.5 Å². The summed E-state index contributed by atoms with van der Waals surface area (Å²) < 4.78 is 3.77. The Kier molecular flexibility index (Phi) is 7.17. The molecule has 0 aliphatic carbocycles. The number of tetrazole rings is 1. The third-order valence-corrected chi connectivity index (χ3v) is 6.48. The Labute approximate surface area is 210 Å². The summed E-state index contributed by atoms with van der Waals surface area (Å²) in [5, 5.41) is 14.5. The average Bonchev–Trinajstić information content (AvgIpc) is 3.55. The quantitative estimate of drug-likeness (QED) is 0.275. The highest BCUT2D eigenvalue weighted by Crippen LogP contribution is 2.29.